The van der Waals surface area contributed by atoms with Gasteiger partial charge in [0.15, 0.2) is 12.7 Å². The highest BCUT2D eigenvalue weighted by Crippen LogP contribution is 2.14. The van der Waals surface area contributed by atoms with Crippen molar-refractivity contribution < 1.29 is 37.3 Å². The zero-order valence-electron chi connectivity index (χ0n) is 14.4. The molecule has 2 N–H and O–H groups in total. The van der Waals surface area contributed by atoms with Gasteiger partial charge in [0.2, 0.25) is 5.78 Å². The summed E-state index contributed by atoms with van der Waals surface area (Å²) in [6.07, 6.45) is 3.56. The Morgan fingerprint density at radius 2 is 1.88 bits per heavy atom. The van der Waals surface area contributed by atoms with Gasteiger partial charge in [-0.2, -0.15) is 13.2 Å². The highest BCUT2D eigenvalue weighted by atomic mass is 19.4. The van der Waals surface area contributed by atoms with Gasteiger partial charge in [-0.1, -0.05) is 10.6 Å². The third kappa shape index (κ3) is 9.36. The van der Waals surface area contributed by atoms with Crippen LogP contribution in [0.5, 0.6) is 0 Å². The van der Waals surface area contributed by atoms with Gasteiger partial charge in [0.05, 0.1) is 11.1 Å². The summed E-state index contributed by atoms with van der Waals surface area (Å²) in [5.41, 5.74) is -0.360. The number of carboxylic acid groups (broad SMARTS) is 1. The SMILES string of the molecule is C#CC(C)(C)NC(=O)c1cc[n+](CCC(=O)O)nc1.CC(=O)C(F)(F)F. The molecule has 0 atom stereocenters. The number of nitrogens with zero attached hydrogens (tertiary/aromatic N) is 2. The molecule has 0 saturated carbocycles. The van der Waals surface area contributed by atoms with Crippen molar-refractivity contribution in [3.8, 4) is 12.3 Å². The maximum atomic E-state index is 11.8. The van der Waals surface area contributed by atoms with Crippen LogP contribution in [-0.4, -0.2) is 39.6 Å². The first-order valence-corrected chi connectivity index (χ1v) is 7.24. The number of halogens is 3. The Kier molecular flexibility index (Phi) is 8.42. The smallest absolute Gasteiger partial charge is 0.449 e. The summed E-state index contributed by atoms with van der Waals surface area (Å²) in [5, 5.41) is 15.2. The molecule has 7 nitrogen and oxygen atoms in total. The lowest BCUT2D eigenvalue weighted by Crippen LogP contribution is -2.43. The van der Waals surface area contributed by atoms with Crippen LogP contribution in [0.1, 0.15) is 37.6 Å². The quantitative estimate of drug-likeness (QED) is 0.594. The van der Waals surface area contributed by atoms with Crippen molar-refractivity contribution in [3.63, 3.8) is 0 Å². The molecule has 0 spiro atoms. The number of carbonyl (C=O) groups excluding carboxylic acids is 2. The fourth-order valence-corrected chi connectivity index (χ4v) is 1.25. The van der Waals surface area contributed by atoms with Crippen molar-refractivity contribution in [2.45, 2.75) is 45.5 Å². The summed E-state index contributed by atoms with van der Waals surface area (Å²) >= 11 is 0. The number of aliphatic carboxylic acids is 1. The Labute approximate surface area is 148 Å². The molecule has 1 rings (SSSR count). The number of nitrogens with one attached hydrogen (secondary N) is 1. The molecular weight excluding hydrogens is 355 g/mol. The molecule has 0 bridgehead atoms. The molecule has 26 heavy (non-hydrogen) atoms. The molecule has 1 heterocycles. The van der Waals surface area contributed by atoms with Crippen LogP contribution in [0.25, 0.3) is 0 Å². The van der Waals surface area contributed by atoms with Crippen LogP contribution in [0.4, 0.5) is 13.2 Å². The minimum absolute atomic E-state index is 0.0205. The van der Waals surface area contributed by atoms with Gasteiger partial charge in [0.1, 0.15) is 12.6 Å². The molecule has 10 heteroatoms. The molecule has 1 aromatic rings. The van der Waals surface area contributed by atoms with Gasteiger partial charge in [-0.25, -0.2) is 0 Å². The Morgan fingerprint density at radius 3 is 2.23 bits per heavy atom. The first-order valence-electron chi connectivity index (χ1n) is 7.24. The van der Waals surface area contributed by atoms with Crippen molar-refractivity contribution in [3.05, 3.63) is 24.0 Å². The fraction of sp³-hybridized carbons (Fsp3) is 0.438. The van der Waals surface area contributed by atoms with E-state index in [1.54, 1.807) is 26.1 Å². The number of amides is 1. The summed E-state index contributed by atoms with van der Waals surface area (Å²) in [6.45, 7) is 4.18. The average molecular weight is 374 g/mol. The molecular formula is C16H19F3N3O4+. The second-order valence-electron chi connectivity index (χ2n) is 5.60. The van der Waals surface area contributed by atoms with Crippen molar-refractivity contribution >= 4 is 17.7 Å². The fourth-order valence-electron chi connectivity index (χ4n) is 1.25. The third-order valence-corrected chi connectivity index (χ3v) is 2.77. The van der Waals surface area contributed by atoms with E-state index in [4.69, 9.17) is 11.5 Å². The largest absolute Gasteiger partial charge is 0.481 e. The first-order chi connectivity index (χ1) is 11.8. The maximum absolute atomic E-state index is 11.8. The molecule has 142 valence electrons. The van der Waals surface area contributed by atoms with Gasteiger partial charge in [-0.15, -0.1) is 6.42 Å². The number of alkyl halides is 3. The van der Waals surface area contributed by atoms with E-state index < -0.39 is 23.5 Å². The number of Topliss-reactive ketones (excluding diaryl/α,β-unsaturated/α-hetero) is 1. The normalized spacial score (nSPS) is 10.8. The number of carboxylic acids is 1. The Balaban J connectivity index is 0.000000758. The van der Waals surface area contributed by atoms with E-state index in [0.717, 1.165) is 0 Å². The van der Waals surface area contributed by atoms with Gasteiger partial charge >= 0.3 is 12.1 Å². The second-order valence-corrected chi connectivity index (χ2v) is 5.60. The molecule has 0 fully saturated rings. The van der Waals surface area contributed by atoms with Gasteiger partial charge < -0.3 is 10.4 Å². The van der Waals surface area contributed by atoms with E-state index in [1.165, 1.54) is 10.9 Å². The molecule has 0 aromatic carbocycles. The number of terminal acetylenes is 1. The zero-order valence-corrected chi connectivity index (χ0v) is 14.4. The van der Waals surface area contributed by atoms with Gasteiger partial charge in [-0.05, 0) is 18.9 Å². The number of carbonyl (C=O) groups is 3. The summed E-state index contributed by atoms with van der Waals surface area (Å²) in [7, 11) is 0. The third-order valence-electron chi connectivity index (χ3n) is 2.77. The highest BCUT2D eigenvalue weighted by molar-refractivity contribution is 5.94. The van der Waals surface area contributed by atoms with Crippen LogP contribution in [-0.2, 0) is 16.1 Å². The number of ketones is 1. The number of aromatic nitrogens is 2. The lowest BCUT2D eigenvalue weighted by Gasteiger charge is -2.18. The molecule has 0 radical (unpaired) electrons. The summed E-state index contributed by atoms with van der Waals surface area (Å²) in [5.74, 6) is -0.509. The lowest BCUT2D eigenvalue weighted by molar-refractivity contribution is -0.753. The van der Waals surface area contributed by atoms with Crippen LogP contribution < -0.4 is 10.00 Å². The molecule has 0 unspecified atom stereocenters. The monoisotopic (exact) mass is 374 g/mol. The van der Waals surface area contributed by atoms with Crippen LogP contribution >= 0.6 is 0 Å². The van der Waals surface area contributed by atoms with Crippen LogP contribution in [0, 0.1) is 12.3 Å². The Bertz CT molecular complexity index is 692. The molecule has 1 amide bonds. The first kappa shape index (κ1) is 23.0. The van der Waals surface area contributed by atoms with Crippen LogP contribution in [0.3, 0.4) is 0 Å². The zero-order chi connectivity index (χ0) is 20.5. The van der Waals surface area contributed by atoms with E-state index in [0.29, 0.717) is 12.5 Å². The number of rotatable bonds is 5. The van der Waals surface area contributed by atoms with E-state index in [-0.39, 0.29) is 18.9 Å². The van der Waals surface area contributed by atoms with Crippen molar-refractivity contribution in [2.24, 2.45) is 0 Å². The van der Waals surface area contributed by atoms with E-state index in [9.17, 15) is 27.6 Å². The molecule has 0 saturated heterocycles. The maximum Gasteiger partial charge on any atom is 0.449 e. The van der Waals surface area contributed by atoms with Crippen molar-refractivity contribution in [1.29, 1.82) is 0 Å². The minimum atomic E-state index is -4.64. The van der Waals surface area contributed by atoms with Gasteiger partial charge in [0, 0.05) is 13.0 Å². The topological polar surface area (TPSA) is 100 Å². The Morgan fingerprint density at radius 1 is 1.35 bits per heavy atom. The highest BCUT2D eigenvalue weighted by Gasteiger charge is 2.33. The minimum Gasteiger partial charge on any atom is -0.481 e. The average Bonchev–Trinajstić information content (AvgIpc) is 2.52. The summed E-state index contributed by atoms with van der Waals surface area (Å²) in [6, 6.07) is 1.57. The summed E-state index contributed by atoms with van der Waals surface area (Å²) in [4.78, 5) is 31.6. The number of aryl methyl sites for hydroxylation is 1. The van der Waals surface area contributed by atoms with E-state index in [2.05, 4.69) is 16.3 Å². The summed E-state index contributed by atoms with van der Waals surface area (Å²) < 4.78 is 33.9. The standard InChI is InChI=1S/C13H15N3O3.C3H3F3O/c1-4-13(2,3)15-12(19)10-5-7-16(14-9-10)8-6-11(17)18;1-2(7)3(4,5)6/h1,5,7,9H,6,8H2,2-3H3,(H-,15,17,18,19);1H3/p+1. The predicted octanol–water partition coefficient (Wildman–Crippen LogP) is 1.12. The van der Waals surface area contributed by atoms with Crippen molar-refractivity contribution in [2.75, 3.05) is 0 Å². The predicted molar refractivity (Wildman–Crippen MR) is 83.8 cm³/mol. The second kappa shape index (κ2) is 9.50. The molecule has 0 aliphatic carbocycles. The molecule has 0 aliphatic heterocycles. The van der Waals surface area contributed by atoms with Gasteiger partial charge in [-0.3, -0.25) is 14.4 Å². The lowest BCUT2D eigenvalue weighted by atomic mass is 10.1. The van der Waals surface area contributed by atoms with Crippen LogP contribution in [0.15, 0.2) is 18.5 Å². The van der Waals surface area contributed by atoms with Crippen LogP contribution in [0.2, 0.25) is 0 Å². The van der Waals surface area contributed by atoms with Gasteiger partial charge in [0.25, 0.3) is 5.91 Å². The van der Waals surface area contributed by atoms with Crippen molar-refractivity contribution in [1.82, 2.24) is 10.4 Å². The Hall–Kier alpha value is -2.96. The number of hydrogen-bond acceptors (Lipinski definition) is 4. The molecule has 0 aliphatic rings. The molecule has 1 aromatic heterocycles. The number of hydrogen-bond donors (Lipinski definition) is 2. The van der Waals surface area contributed by atoms with E-state index >= 15 is 0 Å². The van der Waals surface area contributed by atoms with E-state index in [1.807, 2.05) is 0 Å².